The summed E-state index contributed by atoms with van der Waals surface area (Å²) in [6.45, 7) is 2.97. The highest BCUT2D eigenvalue weighted by atomic mass is 35.5. The van der Waals surface area contributed by atoms with Crippen molar-refractivity contribution < 1.29 is 4.74 Å². The fourth-order valence-corrected chi connectivity index (χ4v) is 2.57. The van der Waals surface area contributed by atoms with Gasteiger partial charge in [0.15, 0.2) is 0 Å². The van der Waals surface area contributed by atoms with E-state index >= 15 is 0 Å². The first-order valence-electron chi connectivity index (χ1n) is 7.40. The van der Waals surface area contributed by atoms with E-state index in [1.54, 1.807) is 18.2 Å². The maximum atomic E-state index is 6.20. The van der Waals surface area contributed by atoms with Crippen molar-refractivity contribution in [3.05, 3.63) is 63.6 Å². The van der Waals surface area contributed by atoms with Crippen LogP contribution in [0.4, 0.5) is 0 Å². The van der Waals surface area contributed by atoms with E-state index in [1.165, 1.54) is 11.1 Å². The average Bonchev–Trinajstić information content (AvgIpc) is 2.50. The third-order valence-corrected chi connectivity index (χ3v) is 4.03. The number of halogens is 2. The van der Waals surface area contributed by atoms with Gasteiger partial charge in [-0.15, -0.1) is 0 Å². The molecule has 1 atom stereocenters. The fraction of sp³-hybridized carbons (Fsp3) is 0.333. The lowest BCUT2D eigenvalue weighted by molar-refractivity contribution is 0.191. The van der Waals surface area contributed by atoms with E-state index in [9.17, 15) is 0 Å². The Kier molecular flexibility index (Phi) is 6.56. The summed E-state index contributed by atoms with van der Waals surface area (Å²) in [5, 5.41) is 4.38. The van der Waals surface area contributed by atoms with Crippen LogP contribution in [-0.2, 0) is 6.42 Å². The molecule has 0 amide bonds. The summed E-state index contributed by atoms with van der Waals surface area (Å²) in [5.74, 6) is 0.641. The number of benzene rings is 2. The van der Waals surface area contributed by atoms with E-state index in [2.05, 4.69) is 36.5 Å². The number of nitrogens with one attached hydrogen (secondary N) is 1. The SMILES string of the molecule is CNCCC(Cc1ccc(C)cc1)Oc1cc(Cl)ccc1Cl. The molecule has 0 aromatic heterocycles. The van der Waals surface area contributed by atoms with Gasteiger partial charge in [-0.2, -0.15) is 0 Å². The van der Waals surface area contributed by atoms with Crippen LogP contribution in [0.2, 0.25) is 10.0 Å². The Balaban J connectivity index is 2.11. The zero-order chi connectivity index (χ0) is 15.9. The van der Waals surface area contributed by atoms with E-state index < -0.39 is 0 Å². The molecule has 118 valence electrons. The predicted octanol–water partition coefficient (Wildman–Crippen LogP) is 4.90. The van der Waals surface area contributed by atoms with Gasteiger partial charge in [-0.25, -0.2) is 0 Å². The topological polar surface area (TPSA) is 21.3 Å². The summed E-state index contributed by atoms with van der Waals surface area (Å²) in [5.41, 5.74) is 2.51. The van der Waals surface area contributed by atoms with Crippen molar-refractivity contribution in [2.75, 3.05) is 13.6 Å². The highest BCUT2D eigenvalue weighted by molar-refractivity contribution is 6.34. The minimum absolute atomic E-state index is 0.0473. The van der Waals surface area contributed by atoms with Crippen molar-refractivity contribution in [3.8, 4) is 5.75 Å². The maximum absolute atomic E-state index is 6.20. The molecule has 0 bridgehead atoms. The molecule has 2 rings (SSSR count). The molecule has 1 N–H and O–H groups in total. The second-order valence-corrected chi connectivity index (χ2v) is 6.24. The quantitative estimate of drug-likeness (QED) is 0.775. The van der Waals surface area contributed by atoms with Gasteiger partial charge >= 0.3 is 0 Å². The molecule has 1 unspecified atom stereocenters. The van der Waals surface area contributed by atoms with Crippen LogP contribution < -0.4 is 10.1 Å². The Morgan fingerprint density at radius 3 is 2.50 bits per heavy atom. The molecule has 2 aromatic carbocycles. The molecule has 0 aliphatic carbocycles. The van der Waals surface area contributed by atoms with Gasteiger partial charge in [0.05, 0.1) is 5.02 Å². The summed E-state index contributed by atoms with van der Waals surface area (Å²) in [7, 11) is 1.94. The number of hydrogen-bond donors (Lipinski definition) is 1. The van der Waals surface area contributed by atoms with Crippen LogP contribution in [0.5, 0.6) is 5.75 Å². The van der Waals surface area contributed by atoms with E-state index in [1.807, 2.05) is 7.05 Å². The molecule has 0 radical (unpaired) electrons. The van der Waals surface area contributed by atoms with Crippen molar-refractivity contribution in [1.82, 2.24) is 5.32 Å². The fourth-order valence-electron chi connectivity index (χ4n) is 2.24. The van der Waals surface area contributed by atoms with E-state index in [4.69, 9.17) is 27.9 Å². The number of hydrogen-bond acceptors (Lipinski definition) is 2. The van der Waals surface area contributed by atoms with Crippen molar-refractivity contribution in [2.45, 2.75) is 25.9 Å². The Labute approximate surface area is 142 Å². The van der Waals surface area contributed by atoms with Gasteiger partial charge in [0.25, 0.3) is 0 Å². The number of ether oxygens (including phenoxy) is 1. The third kappa shape index (κ3) is 5.20. The van der Waals surface area contributed by atoms with Gasteiger partial charge in [-0.1, -0.05) is 53.0 Å². The smallest absolute Gasteiger partial charge is 0.139 e. The van der Waals surface area contributed by atoms with Crippen LogP contribution in [-0.4, -0.2) is 19.7 Å². The lowest BCUT2D eigenvalue weighted by Crippen LogP contribution is -2.25. The summed E-state index contributed by atoms with van der Waals surface area (Å²) >= 11 is 12.2. The average molecular weight is 338 g/mol. The predicted molar refractivity (Wildman–Crippen MR) is 94.3 cm³/mol. The maximum Gasteiger partial charge on any atom is 0.139 e. The first-order valence-corrected chi connectivity index (χ1v) is 8.16. The molecule has 0 heterocycles. The Morgan fingerprint density at radius 1 is 1.09 bits per heavy atom. The second kappa shape index (κ2) is 8.42. The van der Waals surface area contributed by atoms with Crippen molar-refractivity contribution in [3.63, 3.8) is 0 Å². The van der Waals surface area contributed by atoms with E-state index in [0.717, 1.165) is 19.4 Å². The molecule has 2 nitrogen and oxygen atoms in total. The highest BCUT2D eigenvalue weighted by Crippen LogP contribution is 2.29. The van der Waals surface area contributed by atoms with Crippen LogP contribution in [0, 0.1) is 6.92 Å². The highest BCUT2D eigenvalue weighted by Gasteiger charge is 2.14. The normalized spacial score (nSPS) is 12.2. The summed E-state index contributed by atoms with van der Waals surface area (Å²) < 4.78 is 6.11. The minimum Gasteiger partial charge on any atom is -0.488 e. The van der Waals surface area contributed by atoms with Gasteiger partial charge < -0.3 is 10.1 Å². The lowest BCUT2D eigenvalue weighted by Gasteiger charge is -2.20. The molecule has 0 spiro atoms. The van der Waals surface area contributed by atoms with Gasteiger partial charge in [0.1, 0.15) is 11.9 Å². The third-order valence-electron chi connectivity index (χ3n) is 3.49. The molecule has 0 aliphatic heterocycles. The molecule has 0 saturated heterocycles. The Hall–Kier alpha value is -1.22. The lowest BCUT2D eigenvalue weighted by atomic mass is 10.0. The Morgan fingerprint density at radius 2 is 1.82 bits per heavy atom. The molecular weight excluding hydrogens is 317 g/mol. The molecule has 2 aromatic rings. The van der Waals surface area contributed by atoms with Gasteiger partial charge in [0, 0.05) is 17.5 Å². The number of rotatable bonds is 7. The minimum atomic E-state index is 0.0473. The molecule has 0 aliphatic rings. The van der Waals surface area contributed by atoms with Crippen LogP contribution >= 0.6 is 23.2 Å². The van der Waals surface area contributed by atoms with Gasteiger partial charge in [-0.3, -0.25) is 0 Å². The van der Waals surface area contributed by atoms with Crippen LogP contribution in [0.25, 0.3) is 0 Å². The summed E-state index contributed by atoms with van der Waals surface area (Å²) in [6, 6.07) is 13.8. The van der Waals surface area contributed by atoms with Crippen LogP contribution in [0.15, 0.2) is 42.5 Å². The van der Waals surface area contributed by atoms with Crippen molar-refractivity contribution >= 4 is 23.2 Å². The van der Waals surface area contributed by atoms with E-state index in [-0.39, 0.29) is 6.10 Å². The van der Waals surface area contributed by atoms with Crippen LogP contribution in [0.1, 0.15) is 17.5 Å². The largest absolute Gasteiger partial charge is 0.488 e. The van der Waals surface area contributed by atoms with E-state index in [0.29, 0.717) is 15.8 Å². The zero-order valence-corrected chi connectivity index (χ0v) is 14.4. The van der Waals surface area contributed by atoms with Gasteiger partial charge in [-0.05, 0) is 44.6 Å². The van der Waals surface area contributed by atoms with Gasteiger partial charge in [0.2, 0.25) is 0 Å². The second-order valence-electron chi connectivity index (χ2n) is 5.40. The monoisotopic (exact) mass is 337 g/mol. The zero-order valence-electron chi connectivity index (χ0n) is 12.9. The molecule has 0 saturated carbocycles. The van der Waals surface area contributed by atoms with Crippen molar-refractivity contribution in [1.29, 1.82) is 0 Å². The summed E-state index contributed by atoms with van der Waals surface area (Å²) in [4.78, 5) is 0. The molecule has 0 fully saturated rings. The number of aryl methyl sites for hydroxylation is 1. The molecular formula is C18H21Cl2NO. The molecule has 4 heteroatoms. The van der Waals surface area contributed by atoms with Crippen LogP contribution in [0.3, 0.4) is 0 Å². The van der Waals surface area contributed by atoms with Crippen molar-refractivity contribution in [2.24, 2.45) is 0 Å². The summed E-state index contributed by atoms with van der Waals surface area (Å²) in [6.07, 6.45) is 1.78. The Bertz CT molecular complexity index is 599. The first-order chi connectivity index (χ1) is 10.6. The standard InChI is InChI=1S/C18H21Cl2NO/c1-13-3-5-14(6-4-13)11-16(9-10-21-2)22-18-12-15(19)7-8-17(18)20/h3-8,12,16,21H,9-11H2,1-2H3. The first kappa shape index (κ1) is 17.1. The molecule has 22 heavy (non-hydrogen) atoms.